The Kier molecular flexibility index (Phi) is 7.64. The van der Waals surface area contributed by atoms with E-state index < -0.39 is 17.6 Å². The van der Waals surface area contributed by atoms with Crippen LogP contribution in [0.3, 0.4) is 0 Å². The Hall–Kier alpha value is -4.58. The summed E-state index contributed by atoms with van der Waals surface area (Å²) in [5, 5.41) is 19.6. The topological polar surface area (TPSA) is 98.5 Å². The van der Waals surface area contributed by atoms with Gasteiger partial charge in [0.15, 0.2) is 0 Å². The van der Waals surface area contributed by atoms with E-state index in [-0.39, 0.29) is 12.2 Å². The number of hydrogen-bond donors (Lipinski definition) is 1. The van der Waals surface area contributed by atoms with Crippen molar-refractivity contribution >= 4 is 23.4 Å². The normalized spacial score (nSPS) is 11.4. The van der Waals surface area contributed by atoms with Crippen LogP contribution in [0.2, 0.25) is 0 Å². The number of hydrogen-bond acceptors (Lipinski definition) is 7. The van der Waals surface area contributed by atoms with Crippen LogP contribution in [0.25, 0.3) is 22.5 Å². The van der Waals surface area contributed by atoms with Crippen LogP contribution in [0.15, 0.2) is 96.3 Å². The summed E-state index contributed by atoms with van der Waals surface area (Å²) in [6, 6.07) is 23.8. The summed E-state index contributed by atoms with van der Waals surface area (Å²) < 4.78 is 40.0. The molecule has 0 unspecified atom stereocenters. The van der Waals surface area contributed by atoms with E-state index in [0.717, 1.165) is 23.3 Å². The molecule has 12 heteroatoms. The number of halogens is 3. The summed E-state index contributed by atoms with van der Waals surface area (Å²) in [6.07, 6.45) is -2.91. The van der Waals surface area contributed by atoms with Gasteiger partial charge in [0.2, 0.25) is 11.1 Å². The number of aromatic nitrogens is 6. The van der Waals surface area contributed by atoms with E-state index in [1.54, 1.807) is 6.20 Å². The molecule has 0 spiro atoms. The molecule has 0 atom stereocenters. The van der Waals surface area contributed by atoms with E-state index in [0.29, 0.717) is 28.0 Å². The molecule has 1 amide bonds. The quantitative estimate of drug-likeness (QED) is 0.247. The zero-order valence-electron chi connectivity index (χ0n) is 20.2. The highest BCUT2D eigenvalue weighted by atomic mass is 32.2. The Morgan fingerprint density at radius 3 is 2.23 bits per heavy atom. The lowest BCUT2D eigenvalue weighted by Gasteiger charge is -2.09. The highest BCUT2D eigenvalue weighted by Gasteiger charge is 2.30. The van der Waals surface area contributed by atoms with Crippen LogP contribution in [0.1, 0.15) is 11.3 Å². The van der Waals surface area contributed by atoms with E-state index in [1.807, 2.05) is 60.7 Å². The summed E-state index contributed by atoms with van der Waals surface area (Å²) in [4.78, 5) is 17.1. The molecule has 0 aliphatic heterocycles. The molecular formula is C27H20F3N7OS. The molecule has 0 aliphatic rings. The maximum Gasteiger partial charge on any atom is 0.416 e. The number of alkyl halides is 3. The maximum atomic E-state index is 12.9. The van der Waals surface area contributed by atoms with Crippen molar-refractivity contribution in [1.82, 2.24) is 30.2 Å². The molecule has 2 heterocycles. The number of nitrogens with zero attached hydrogens (tertiary/aromatic N) is 6. The molecule has 3 aromatic carbocycles. The first-order valence-electron chi connectivity index (χ1n) is 11.7. The van der Waals surface area contributed by atoms with Crippen LogP contribution in [-0.2, 0) is 23.3 Å². The molecule has 8 nitrogen and oxygen atoms in total. The second-order valence-electron chi connectivity index (χ2n) is 8.35. The van der Waals surface area contributed by atoms with Crippen molar-refractivity contribution < 1.29 is 18.0 Å². The van der Waals surface area contributed by atoms with Gasteiger partial charge in [0.05, 0.1) is 11.3 Å². The van der Waals surface area contributed by atoms with Gasteiger partial charge >= 0.3 is 6.18 Å². The average molecular weight is 548 g/mol. The van der Waals surface area contributed by atoms with Crippen molar-refractivity contribution in [2.24, 2.45) is 0 Å². The van der Waals surface area contributed by atoms with E-state index in [4.69, 9.17) is 4.98 Å². The third-order valence-corrected chi connectivity index (χ3v) is 6.35. The monoisotopic (exact) mass is 547 g/mol. The highest BCUT2D eigenvalue weighted by molar-refractivity contribution is 7.98. The molecule has 0 aliphatic carbocycles. The molecule has 5 rings (SSSR count). The summed E-state index contributed by atoms with van der Waals surface area (Å²) in [6.45, 7) is -0.212. The van der Waals surface area contributed by atoms with E-state index in [9.17, 15) is 18.0 Å². The molecule has 0 saturated heterocycles. The Labute approximate surface area is 225 Å². The van der Waals surface area contributed by atoms with Crippen molar-refractivity contribution in [3.8, 4) is 22.5 Å². The molecule has 0 fully saturated rings. The lowest BCUT2D eigenvalue weighted by molar-refractivity contribution is -0.137. The molecule has 1 N–H and O–H groups in total. The molecular weight excluding hydrogens is 527 g/mol. The van der Waals surface area contributed by atoms with Crippen LogP contribution in [-0.4, -0.2) is 36.1 Å². The standard InChI is InChI=1S/C27H20F3N7OS/c28-27(29,30)20-12-7-13-21(14-20)31-23(38)16-37-15-22(33-36-37)17-39-26-32-24(18-8-3-1-4-9-18)25(34-35-26)19-10-5-2-6-11-19/h1-15H,16-17H2,(H,31,38). The fraction of sp³-hybridized carbons (Fsp3) is 0.111. The Bertz CT molecular complexity index is 1580. The first-order chi connectivity index (χ1) is 18.8. The van der Waals surface area contributed by atoms with E-state index in [1.165, 1.54) is 28.6 Å². The van der Waals surface area contributed by atoms with Crippen LogP contribution < -0.4 is 5.32 Å². The number of rotatable bonds is 8. The van der Waals surface area contributed by atoms with Gasteiger partial charge in [-0.2, -0.15) is 13.2 Å². The fourth-order valence-electron chi connectivity index (χ4n) is 3.70. The van der Waals surface area contributed by atoms with Gasteiger partial charge in [0.25, 0.3) is 0 Å². The second-order valence-corrected chi connectivity index (χ2v) is 9.29. The zero-order chi connectivity index (χ0) is 27.2. The number of nitrogens with one attached hydrogen (secondary N) is 1. The Balaban J connectivity index is 1.25. The molecule has 0 bridgehead atoms. The van der Waals surface area contributed by atoms with Gasteiger partial charge in [-0.3, -0.25) is 4.79 Å². The maximum absolute atomic E-state index is 12.9. The number of carbonyl (C=O) groups excluding carboxylic acids is 1. The number of carbonyl (C=O) groups is 1. The molecule has 2 aromatic heterocycles. The lowest BCUT2D eigenvalue weighted by atomic mass is 10.0. The summed E-state index contributed by atoms with van der Waals surface area (Å²) in [7, 11) is 0. The van der Waals surface area contributed by atoms with Crippen molar-refractivity contribution in [3.05, 3.63) is 102 Å². The third kappa shape index (κ3) is 6.65. The molecule has 5 aromatic rings. The minimum Gasteiger partial charge on any atom is -0.324 e. The van der Waals surface area contributed by atoms with Crippen LogP contribution in [0, 0.1) is 0 Å². The minimum atomic E-state index is -4.50. The van der Waals surface area contributed by atoms with Gasteiger partial charge in [-0.1, -0.05) is 83.7 Å². The molecule has 0 saturated carbocycles. The van der Waals surface area contributed by atoms with Gasteiger partial charge in [0, 0.05) is 28.8 Å². The van der Waals surface area contributed by atoms with Crippen molar-refractivity contribution in [1.29, 1.82) is 0 Å². The lowest BCUT2D eigenvalue weighted by Crippen LogP contribution is -2.19. The zero-order valence-corrected chi connectivity index (χ0v) is 21.0. The number of benzene rings is 3. The average Bonchev–Trinajstić information content (AvgIpc) is 3.39. The summed E-state index contributed by atoms with van der Waals surface area (Å²) in [5.41, 5.74) is 2.96. The predicted molar refractivity (Wildman–Crippen MR) is 140 cm³/mol. The predicted octanol–water partition coefficient (Wildman–Crippen LogP) is 5.75. The number of amides is 1. The van der Waals surface area contributed by atoms with E-state index >= 15 is 0 Å². The third-order valence-electron chi connectivity index (χ3n) is 5.48. The van der Waals surface area contributed by atoms with Gasteiger partial charge in [-0.15, -0.1) is 15.3 Å². The number of anilines is 1. The van der Waals surface area contributed by atoms with Crippen LogP contribution in [0.4, 0.5) is 18.9 Å². The first kappa shape index (κ1) is 26.0. The largest absolute Gasteiger partial charge is 0.416 e. The van der Waals surface area contributed by atoms with Crippen LogP contribution in [0.5, 0.6) is 0 Å². The summed E-state index contributed by atoms with van der Waals surface area (Å²) in [5.74, 6) is -0.162. The SMILES string of the molecule is O=C(Cn1cc(CSc2nnc(-c3ccccc3)c(-c3ccccc3)n2)nn1)Nc1cccc(C(F)(F)F)c1. The Morgan fingerprint density at radius 1 is 0.846 bits per heavy atom. The first-order valence-corrected chi connectivity index (χ1v) is 12.7. The smallest absolute Gasteiger partial charge is 0.324 e. The molecule has 196 valence electrons. The minimum absolute atomic E-state index is 0.0449. The van der Waals surface area contributed by atoms with Gasteiger partial charge in [-0.05, 0) is 18.2 Å². The van der Waals surface area contributed by atoms with Crippen molar-refractivity contribution in [3.63, 3.8) is 0 Å². The Morgan fingerprint density at radius 2 is 1.54 bits per heavy atom. The second kappa shape index (κ2) is 11.4. The van der Waals surface area contributed by atoms with Crippen LogP contribution >= 0.6 is 11.8 Å². The van der Waals surface area contributed by atoms with Crippen molar-refractivity contribution in [2.75, 3.05) is 5.32 Å². The fourth-order valence-corrected chi connectivity index (χ4v) is 4.37. The highest BCUT2D eigenvalue weighted by Crippen LogP contribution is 2.31. The van der Waals surface area contributed by atoms with Gasteiger partial charge in [-0.25, -0.2) is 9.67 Å². The van der Waals surface area contributed by atoms with Gasteiger partial charge < -0.3 is 5.32 Å². The summed E-state index contributed by atoms with van der Waals surface area (Å²) >= 11 is 1.32. The van der Waals surface area contributed by atoms with Crippen molar-refractivity contribution in [2.45, 2.75) is 23.6 Å². The molecule has 0 radical (unpaired) electrons. The number of thioether (sulfide) groups is 1. The van der Waals surface area contributed by atoms with Gasteiger partial charge in [0.1, 0.15) is 17.9 Å². The van der Waals surface area contributed by atoms with E-state index in [2.05, 4.69) is 25.8 Å². The molecule has 39 heavy (non-hydrogen) atoms.